The molecule has 0 spiro atoms. The monoisotopic (exact) mass is 577 g/mol. The summed E-state index contributed by atoms with van der Waals surface area (Å²) in [5, 5.41) is 13.6. The molecule has 1 aliphatic heterocycles. The molecule has 3 amide bonds. The molecule has 0 aromatic heterocycles. The fourth-order valence-corrected chi connectivity index (χ4v) is 6.19. The first kappa shape index (κ1) is 31.0. The largest absolute Gasteiger partial charge is 0.334 e. The van der Waals surface area contributed by atoms with Crippen LogP contribution in [0.15, 0.2) is 48.5 Å². The molecule has 0 atom stereocenters. The minimum Gasteiger partial charge on any atom is -0.334 e. The molecule has 1 fully saturated rings. The predicted octanol–water partition coefficient (Wildman–Crippen LogP) is 4.21. The van der Waals surface area contributed by atoms with Crippen molar-refractivity contribution in [1.82, 2.24) is 14.1 Å². The number of hydrogen-bond acceptors (Lipinski definition) is 6. The summed E-state index contributed by atoms with van der Waals surface area (Å²) in [4.78, 5) is 40.0. The first-order chi connectivity index (χ1) is 19.0. The van der Waals surface area contributed by atoms with Gasteiger partial charge in [-0.15, -0.1) is 0 Å². The third-order valence-electron chi connectivity index (χ3n) is 6.75. The molecule has 0 radical (unpaired) electrons. The van der Waals surface area contributed by atoms with E-state index in [1.54, 1.807) is 28.9 Å². The predicted molar refractivity (Wildman–Crippen MR) is 150 cm³/mol. The van der Waals surface area contributed by atoms with E-state index in [-0.39, 0.29) is 49.1 Å². The molecule has 0 saturated carbocycles. The molecule has 0 unspecified atom stereocenters. The van der Waals surface area contributed by atoms with Crippen LogP contribution in [0.3, 0.4) is 0 Å². The highest BCUT2D eigenvalue weighted by atomic mass is 32.2. The molecule has 218 valence electrons. The van der Waals surface area contributed by atoms with Gasteiger partial charge in [0.2, 0.25) is 15.9 Å². The van der Waals surface area contributed by atoms with E-state index in [0.717, 1.165) is 0 Å². The summed E-state index contributed by atoms with van der Waals surface area (Å²) in [6.07, 6.45) is 1.94. The van der Waals surface area contributed by atoms with Crippen LogP contribution in [0.25, 0.3) is 0 Å². The average Bonchev–Trinajstić information content (AvgIpc) is 2.92. The Morgan fingerprint density at radius 3 is 2.23 bits per heavy atom. The maximum Gasteiger partial charge on any atom is 0.321 e. The fraction of sp³-hybridized carbons (Fsp3) is 0.481. The fourth-order valence-electron chi connectivity index (χ4n) is 4.65. The zero-order chi connectivity index (χ0) is 29.3. The summed E-state index contributed by atoms with van der Waals surface area (Å²) < 4.78 is 40.3. The molecule has 1 N–H and O–H groups in total. The number of carbonyl (C=O) groups is 2. The van der Waals surface area contributed by atoms with Crippen LogP contribution in [-0.2, 0) is 21.4 Å². The van der Waals surface area contributed by atoms with Gasteiger partial charge in [-0.2, -0.15) is 4.31 Å². The number of nitro benzene ring substituents is 1. The van der Waals surface area contributed by atoms with Crippen molar-refractivity contribution in [3.8, 4) is 0 Å². The van der Waals surface area contributed by atoms with Crippen LogP contribution >= 0.6 is 0 Å². The molecule has 1 aliphatic rings. The van der Waals surface area contributed by atoms with Crippen LogP contribution in [0, 0.1) is 15.9 Å². The van der Waals surface area contributed by atoms with Gasteiger partial charge in [0, 0.05) is 50.0 Å². The highest BCUT2D eigenvalue weighted by molar-refractivity contribution is 7.89. The third-order valence-corrected chi connectivity index (χ3v) is 8.77. The number of nitro groups is 1. The Hall–Kier alpha value is -3.58. The van der Waals surface area contributed by atoms with E-state index >= 15 is 0 Å². The zero-order valence-corrected chi connectivity index (χ0v) is 23.6. The molecule has 3 rings (SSSR count). The second kappa shape index (κ2) is 14.2. The van der Waals surface area contributed by atoms with E-state index in [1.165, 1.54) is 40.7 Å². The maximum absolute atomic E-state index is 13.6. The molecular formula is C27H36FN5O6S. The number of non-ortho nitro benzene ring substituents is 1. The second-order valence-electron chi connectivity index (χ2n) is 9.75. The number of nitrogens with one attached hydrogen (secondary N) is 1. The second-order valence-corrected chi connectivity index (χ2v) is 11.8. The van der Waals surface area contributed by atoms with Crippen LogP contribution < -0.4 is 5.32 Å². The third kappa shape index (κ3) is 8.46. The summed E-state index contributed by atoms with van der Waals surface area (Å²) in [5.74, 6) is -0.777. The molecule has 2 aromatic rings. The van der Waals surface area contributed by atoms with Gasteiger partial charge in [0.1, 0.15) is 5.82 Å². The molecule has 40 heavy (non-hydrogen) atoms. The van der Waals surface area contributed by atoms with Gasteiger partial charge in [0.15, 0.2) is 0 Å². The Labute approximate surface area is 234 Å². The number of anilines is 1. The lowest BCUT2D eigenvalue weighted by Gasteiger charge is -2.39. The van der Waals surface area contributed by atoms with Crippen molar-refractivity contribution in [3.63, 3.8) is 0 Å². The minimum atomic E-state index is -3.59. The summed E-state index contributed by atoms with van der Waals surface area (Å²) in [6, 6.07) is 10.8. The van der Waals surface area contributed by atoms with Gasteiger partial charge < -0.3 is 15.1 Å². The van der Waals surface area contributed by atoms with E-state index in [0.29, 0.717) is 50.0 Å². The van der Waals surface area contributed by atoms with Crippen molar-refractivity contribution < 1.29 is 27.3 Å². The lowest BCUT2D eigenvalue weighted by Crippen LogP contribution is -2.52. The normalized spacial score (nSPS) is 14.2. The van der Waals surface area contributed by atoms with Crippen molar-refractivity contribution >= 4 is 33.3 Å². The Balaban J connectivity index is 1.71. The van der Waals surface area contributed by atoms with Crippen molar-refractivity contribution in [1.29, 1.82) is 0 Å². The van der Waals surface area contributed by atoms with Gasteiger partial charge in [-0.25, -0.2) is 17.6 Å². The van der Waals surface area contributed by atoms with Crippen LogP contribution in [0.5, 0.6) is 0 Å². The van der Waals surface area contributed by atoms with Gasteiger partial charge in [0.25, 0.3) is 5.69 Å². The number of urea groups is 1. The number of rotatable bonds is 12. The van der Waals surface area contributed by atoms with Crippen molar-refractivity contribution in [2.75, 3.05) is 37.2 Å². The standard InChI is InChI=1S/C27H36FN5O6S/c1-3-15-31(40(38,39)18-4-2)20-26(34)32(19-21-5-7-22(28)8-6-21)24-13-16-30(17-14-24)27(35)29-23-9-11-25(12-10-23)33(36)37/h5-12,24H,3-4,13-20H2,1-2H3,(H,29,35). The Bertz CT molecular complexity index is 1270. The number of piperidine rings is 1. The number of benzene rings is 2. The number of halogens is 1. The van der Waals surface area contributed by atoms with Crippen molar-refractivity contribution in [2.24, 2.45) is 0 Å². The number of carbonyl (C=O) groups excluding carboxylic acids is 2. The summed E-state index contributed by atoms with van der Waals surface area (Å²) >= 11 is 0. The number of nitrogens with zero attached hydrogens (tertiary/aromatic N) is 4. The molecule has 13 heteroatoms. The summed E-state index contributed by atoms with van der Waals surface area (Å²) in [7, 11) is -3.59. The number of sulfonamides is 1. The van der Waals surface area contributed by atoms with Crippen LogP contribution in [-0.4, -0.2) is 77.4 Å². The maximum atomic E-state index is 13.6. The quantitative estimate of drug-likeness (QED) is 0.297. The van der Waals surface area contributed by atoms with E-state index in [9.17, 15) is 32.5 Å². The molecule has 0 aliphatic carbocycles. The lowest BCUT2D eigenvalue weighted by atomic mass is 10.0. The Morgan fingerprint density at radius 1 is 1.05 bits per heavy atom. The first-order valence-electron chi connectivity index (χ1n) is 13.4. The highest BCUT2D eigenvalue weighted by Gasteiger charge is 2.32. The topological polar surface area (TPSA) is 133 Å². The lowest BCUT2D eigenvalue weighted by molar-refractivity contribution is -0.384. The van der Waals surface area contributed by atoms with Crippen LogP contribution in [0.2, 0.25) is 0 Å². The molecule has 11 nitrogen and oxygen atoms in total. The summed E-state index contributed by atoms with van der Waals surface area (Å²) in [6.45, 7) is 4.47. The molecule has 0 bridgehead atoms. The smallest absolute Gasteiger partial charge is 0.321 e. The highest BCUT2D eigenvalue weighted by Crippen LogP contribution is 2.22. The number of hydrogen-bond donors (Lipinski definition) is 1. The molecule has 1 saturated heterocycles. The van der Waals surface area contributed by atoms with Gasteiger partial charge in [-0.05, 0) is 55.5 Å². The average molecular weight is 578 g/mol. The van der Waals surface area contributed by atoms with E-state index in [1.807, 2.05) is 6.92 Å². The Kier molecular flexibility index (Phi) is 11.0. The van der Waals surface area contributed by atoms with Crippen molar-refractivity contribution in [2.45, 2.75) is 52.1 Å². The van der Waals surface area contributed by atoms with Gasteiger partial charge in [-0.1, -0.05) is 26.0 Å². The van der Waals surface area contributed by atoms with Gasteiger partial charge >= 0.3 is 6.03 Å². The SMILES string of the molecule is CCCN(CC(=O)N(Cc1ccc(F)cc1)C1CCN(C(=O)Nc2ccc([N+](=O)[O-])cc2)CC1)S(=O)(=O)CCC. The molecular weight excluding hydrogens is 541 g/mol. The summed E-state index contributed by atoms with van der Waals surface area (Å²) in [5.41, 5.74) is 1.06. The zero-order valence-electron chi connectivity index (χ0n) is 22.8. The van der Waals surface area contributed by atoms with Gasteiger partial charge in [-0.3, -0.25) is 14.9 Å². The van der Waals surface area contributed by atoms with E-state index < -0.39 is 20.8 Å². The molecule has 1 heterocycles. The van der Waals surface area contributed by atoms with Crippen LogP contribution in [0.1, 0.15) is 45.1 Å². The van der Waals surface area contributed by atoms with Crippen LogP contribution in [0.4, 0.5) is 20.6 Å². The Morgan fingerprint density at radius 2 is 1.68 bits per heavy atom. The minimum absolute atomic E-state index is 0.0412. The van der Waals surface area contributed by atoms with E-state index in [2.05, 4.69) is 5.32 Å². The van der Waals surface area contributed by atoms with Crippen molar-refractivity contribution in [3.05, 3.63) is 70.0 Å². The first-order valence-corrected chi connectivity index (χ1v) is 15.0. The molecule has 2 aromatic carbocycles. The number of likely N-dealkylation sites (tertiary alicyclic amines) is 1. The van der Waals surface area contributed by atoms with E-state index in [4.69, 9.17) is 0 Å². The van der Waals surface area contributed by atoms with Gasteiger partial charge in [0.05, 0.1) is 17.2 Å². The number of amides is 3.